The molecular weight excluding hydrogens is 199 g/mol. The van der Waals surface area contributed by atoms with E-state index in [4.69, 9.17) is 0 Å². The predicted octanol–water partition coefficient (Wildman–Crippen LogP) is 1.15. The molecule has 0 unspecified atom stereocenters. The van der Waals surface area contributed by atoms with Crippen LogP contribution >= 0.6 is 0 Å². The Labute approximate surface area is 99.8 Å². The van der Waals surface area contributed by atoms with Gasteiger partial charge in [-0.05, 0) is 12.1 Å². The molecule has 0 saturated heterocycles. The van der Waals surface area contributed by atoms with E-state index in [1.165, 1.54) is 12.1 Å². The smallest absolute Gasteiger partial charge is 0.338 e. The zero-order chi connectivity index (χ0) is 9.03. The van der Waals surface area contributed by atoms with Crippen LogP contribution < -0.4 is 0 Å². The standard InChI is InChI=1S/C8H8O3S.Na/c1-2-11-12(9,10)8-6-4-3-5-7-8;/h2-7H,1H2;. The predicted molar refractivity (Wildman–Crippen MR) is 50.7 cm³/mol. The van der Waals surface area contributed by atoms with Crippen molar-refractivity contribution in [3.8, 4) is 0 Å². The van der Waals surface area contributed by atoms with Crippen LogP contribution in [-0.2, 0) is 14.3 Å². The van der Waals surface area contributed by atoms with Crippen molar-refractivity contribution in [1.82, 2.24) is 0 Å². The number of benzene rings is 1. The quantitative estimate of drug-likeness (QED) is 0.424. The molecule has 0 aliphatic heterocycles. The molecular formula is C8H8NaO3S. The van der Waals surface area contributed by atoms with Gasteiger partial charge in [0.1, 0.15) is 4.90 Å². The van der Waals surface area contributed by atoms with Crippen molar-refractivity contribution in [3.63, 3.8) is 0 Å². The van der Waals surface area contributed by atoms with Crippen LogP contribution in [-0.4, -0.2) is 38.0 Å². The molecule has 1 radical (unpaired) electrons. The first-order valence-corrected chi connectivity index (χ1v) is 4.67. The van der Waals surface area contributed by atoms with Gasteiger partial charge in [0.2, 0.25) is 0 Å². The minimum absolute atomic E-state index is 0. The largest absolute Gasteiger partial charge is 0.388 e. The normalized spacial score (nSPS) is 9.85. The molecule has 0 spiro atoms. The molecule has 0 heterocycles. The van der Waals surface area contributed by atoms with E-state index in [-0.39, 0.29) is 34.5 Å². The van der Waals surface area contributed by atoms with Gasteiger partial charge in [0.15, 0.2) is 0 Å². The summed E-state index contributed by atoms with van der Waals surface area (Å²) in [5, 5.41) is 0. The second-order valence-electron chi connectivity index (χ2n) is 2.03. The van der Waals surface area contributed by atoms with Gasteiger partial charge in [-0.3, -0.25) is 0 Å². The number of rotatable bonds is 3. The SMILES string of the molecule is C=COS(=O)(=O)c1ccccc1.[Na]. The molecule has 0 amide bonds. The van der Waals surface area contributed by atoms with Crippen LogP contribution in [0.5, 0.6) is 0 Å². The fourth-order valence-electron chi connectivity index (χ4n) is 0.732. The molecule has 0 bridgehead atoms. The third-order valence-electron chi connectivity index (χ3n) is 1.23. The Morgan fingerprint density at radius 2 is 1.77 bits per heavy atom. The van der Waals surface area contributed by atoms with E-state index in [1.807, 2.05) is 0 Å². The molecule has 0 N–H and O–H groups in total. The molecule has 1 aromatic rings. The molecule has 13 heavy (non-hydrogen) atoms. The van der Waals surface area contributed by atoms with Crippen LogP contribution in [0.2, 0.25) is 0 Å². The maximum absolute atomic E-state index is 11.1. The molecule has 0 aliphatic carbocycles. The average molecular weight is 207 g/mol. The molecule has 5 heteroatoms. The zero-order valence-electron chi connectivity index (χ0n) is 7.30. The Kier molecular flexibility index (Phi) is 5.32. The summed E-state index contributed by atoms with van der Waals surface area (Å²) in [4.78, 5) is 0.130. The second-order valence-corrected chi connectivity index (χ2v) is 3.60. The molecule has 0 aliphatic rings. The minimum Gasteiger partial charge on any atom is -0.388 e. The summed E-state index contributed by atoms with van der Waals surface area (Å²) in [6.45, 7) is 3.17. The Morgan fingerprint density at radius 1 is 1.23 bits per heavy atom. The second kappa shape index (κ2) is 5.44. The first-order valence-electron chi connectivity index (χ1n) is 3.26. The van der Waals surface area contributed by atoms with Crippen molar-refractivity contribution >= 4 is 39.7 Å². The maximum atomic E-state index is 11.1. The van der Waals surface area contributed by atoms with Crippen molar-refractivity contribution in [2.75, 3.05) is 0 Å². The summed E-state index contributed by atoms with van der Waals surface area (Å²) in [5.74, 6) is 0. The molecule has 65 valence electrons. The number of hydrogen-bond donors (Lipinski definition) is 0. The van der Waals surface area contributed by atoms with Gasteiger partial charge in [-0.1, -0.05) is 24.8 Å². The van der Waals surface area contributed by atoms with Crippen LogP contribution in [0.25, 0.3) is 0 Å². The molecule has 0 fully saturated rings. The molecule has 1 aromatic carbocycles. The first kappa shape index (κ1) is 12.7. The third kappa shape index (κ3) is 3.52. The van der Waals surface area contributed by atoms with E-state index >= 15 is 0 Å². The monoisotopic (exact) mass is 207 g/mol. The summed E-state index contributed by atoms with van der Waals surface area (Å²) >= 11 is 0. The van der Waals surface area contributed by atoms with Gasteiger partial charge in [-0.25, -0.2) is 0 Å². The van der Waals surface area contributed by atoms with Crippen molar-refractivity contribution in [2.45, 2.75) is 4.90 Å². The van der Waals surface area contributed by atoms with Crippen LogP contribution in [0.1, 0.15) is 0 Å². The molecule has 3 nitrogen and oxygen atoms in total. The minimum atomic E-state index is -3.63. The topological polar surface area (TPSA) is 43.4 Å². The summed E-state index contributed by atoms with van der Waals surface area (Å²) in [6.07, 6.45) is 0.891. The number of hydrogen-bond acceptors (Lipinski definition) is 3. The van der Waals surface area contributed by atoms with Crippen LogP contribution in [0, 0.1) is 0 Å². The van der Waals surface area contributed by atoms with Crippen LogP contribution in [0.3, 0.4) is 0 Å². The fraction of sp³-hybridized carbons (Fsp3) is 0. The fourth-order valence-corrected chi connectivity index (χ4v) is 1.51. The van der Waals surface area contributed by atoms with Gasteiger partial charge in [0, 0.05) is 29.6 Å². The Hall–Kier alpha value is -0.290. The van der Waals surface area contributed by atoms with Gasteiger partial charge in [0.25, 0.3) is 0 Å². The van der Waals surface area contributed by atoms with E-state index in [9.17, 15) is 8.42 Å². The van der Waals surface area contributed by atoms with Crippen molar-refractivity contribution in [2.24, 2.45) is 0 Å². The maximum Gasteiger partial charge on any atom is 0.338 e. The molecule has 0 aromatic heterocycles. The van der Waals surface area contributed by atoms with E-state index in [0.717, 1.165) is 6.26 Å². The van der Waals surface area contributed by atoms with E-state index in [2.05, 4.69) is 10.8 Å². The van der Waals surface area contributed by atoms with Crippen LogP contribution in [0.4, 0.5) is 0 Å². The molecule has 0 saturated carbocycles. The van der Waals surface area contributed by atoms with Crippen molar-refractivity contribution < 1.29 is 12.6 Å². The first-order chi connectivity index (χ1) is 5.67. The van der Waals surface area contributed by atoms with Crippen molar-refractivity contribution in [3.05, 3.63) is 43.2 Å². The summed E-state index contributed by atoms with van der Waals surface area (Å²) in [5.41, 5.74) is 0. The summed E-state index contributed by atoms with van der Waals surface area (Å²) < 4.78 is 26.6. The summed E-state index contributed by atoms with van der Waals surface area (Å²) in [6, 6.07) is 7.89. The Bertz CT molecular complexity index is 358. The van der Waals surface area contributed by atoms with E-state index in [0.29, 0.717) is 0 Å². The molecule has 0 atom stereocenters. The molecule has 1 rings (SSSR count). The van der Waals surface area contributed by atoms with E-state index < -0.39 is 10.1 Å². The van der Waals surface area contributed by atoms with E-state index in [1.54, 1.807) is 18.2 Å². The van der Waals surface area contributed by atoms with Gasteiger partial charge >= 0.3 is 10.1 Å². The summed E-state index contributed by atoms with van der Waals surface area (Å²) in [7, 11) is -3.63. The third-order valence-corrected chi connectivity index (χ3v) is 2.47. The van der Waals surface area contributed by atoms with Gasteiger partial charge in [-0.15, -0.1) is 0 Å². The van der Waals surface area contributed by atoms with Gasteiger partial charge in [0.05, 0.1) is 6.26 Å². The van der Waals surface area contributed by atoms with Gasteiger partial charge < -0.3 is 4.18 Å². The Balaban J connectivity index is 0.00000144. The van der Waals surface area contributed by atoms with Crippen LogP contribution in [0.15, 0.2) is 48.1 Å². The van der Waals surface area contributed by atoms with Gasteiger partial charge in [-0.2, -0.15) is 8.42 Å². The average Bonchev–Trinajstić information content (AvgIpc) is 2.06. The van der Waals surface area contributed by atoms with Crippen molar-refractivity contribution in [1.29, 1.82) is 0 Å². The Morgan fingerprint density at radius 3 is 2.23 bits per heavy atom. The zero-order valence-corrected chi connectivity index (χ0v) is 10.1.